The van der Waals surface area contributed by atoms with E-state index in [9.17, 15) is 21.6 Å². The summed E-state index contributed by atoms with van der Waals surface area (Å²) in [6.07, 6.45) is 1.25. The van der Waals surface area contributed by atoms with E-state index in [4.69, 9.17) is 0 Å². The number of rotatable bonds is 5. The number of nitrogens with zero attached hydrogens (tertiary/aromatic N) is 3. The molecule has 6 nitrogen and oxygen atoms in total. The van der Waals surface area contributed by atoms with Gasteiger partial charge < -0.3 is 0 Å². The molecule has 0 fully saturated rings. The van der Waals surface area contributed by atoms with E-state index in [1.54, 1.807) is 12.1 Å². The molecule has 3 rings (SSSR count). The Balaban J connectivity index is 1.78. The van der Waals surface area contributed by atoms with Gasteiger partial charge in [0.2, 0.25) is 0 Å². The lowest BCUT2D eigenvalue weighted by Crippen LogP contribution is -2.16. The fourth-order valence-electron chi connectivity index (χ4n) is 2.05. The van der Waals surface area contributed by atoms with Gasteiger partial charge in [0.05, 0.1) is 6.54 Å². The maximum absolute atomic E-state index is 13.6. The number of hydrogen-bond donors (Lipinski definition) is 1. The number of nitrogens with one attached hydrogen (secondary N) is 1. The van der Waals surface area contributed by atoms with Gasteiger partial charge in [0.15, 0.2) is 0 Å². The van der Waals surface area contributed by atoms with Crippen LogP contribution in [0, 0.1) is 17.5 Å². The van der Waals surface area contributed by atoms with E-state index in [1.807, 2.05) is 4.72 Å². The average molecular weight is 368 g/mol. The molecule has 0 saturated carbocycles. The molecule has 0 aliphatic heterocycles. The van der Waals surface area contributed by atoms with E-state index in [0.717, 1.165) is 11.6 Å². The van der Waals surface area contributed by atoms with Crippen LogP contribution in [0.2, 0.25) is 0 Å². The van der Waals surface area contributed by atoms with Gasteiger partial charge in [-0.15, -0.1) is 5.10 Å². The van der Waals surface area contributed by atoms with Crippen molar-refractivity contribution in [3.8, 4) is 0 Å². The van der Waals surface area contributed by atoms with E-state index >= 15 is 0 Å². The molecule has 0 aliphatic carbocycles. The van der Waals surface area contributed by atoms with Crippen molar-refractivity contribution >= 4 is 16.0 Å². The predicted octanol–water partition coefficient (Wildman–Crippen LogP) is 2.54. The summed E-state index contributed by atoms with van der Waals surface area (Å²) in [7, 11) is -4.38. The summed E-state index contributed by atoms with van der Waals surface area (Å²) in [5, 5.41) is 3.90. The number of aromatic nitrogens is 3. The number of benzene rings is 2. The second kappa shape index (κ2) is 6.55. The molecular formula is C15H11F3N4O2S. The smallest absolute Gasteiger partial charge is 0.246 e. The molecule has 25 heavy (non-hydrogen) atoms. The van der Waals surface area contributed by atoms with Crippen molar-refractivity contribution in [2.24, 2.45) is 0 Å². The molecule has 0 saturated heterocycles. The van der Waals surface area contributed by atoms with Gasteiger partial charge >= 0.3 is 0 Å². The van der Waals surface area contributed by atoms with E-state index < -0.39 is 26.6 Å². The lowest BCUT2D eigenvalue weighted by atomic mass is 10.2. The first-order valence-electron chi connectivity index (χ1n) is 6.95. The molecule has 0 amide bonds. The highest BCUT2D eigenvalue weighted by molar-refractivity contribution is 7.92. The Morgan fingerprint density at radius 1 is 1.00 bits per heavy atom. The predicted molar refractivity (Wildman–Crippen MR) is 82.7 cm³/mol. The zero-order chi connectivity index (χ0) is 18.0. The van der Waals surface area contributed by atoms with E-state index in [2.05, 4.69) is 10.1 Å². The topological polar surface area (TPSA) is 76.9 Å². The molecule has 0 unspecified atom stereocenters. The Hall–Kier alpha value is -2.88. The van der Waals surface area contributed by atoms with Crippen LogP contribution in [0.5, 0.6) is 0 Å². The molecule has 0 radical (unpaired) electrons. The summed E-state index contributed by atoms with van der Waals surface area (Å²) in [6.45, 7) is 0.226. The van der Waals surface area contributed by atoms with Gasteiger partial charge in [0, 0.05) is 0 Å². The van der Waals surface area contributed by atoms with Crippen molar-refractivity contribution in [2.45, 2.75) is 11.4 Å². The Labute approximate surface area is 141 Å². The molecule has 2 aromatic carbocycles. The third-order valence-electron chi connectivity index (χ3n) is 3.20. The van der Waals surface area contributed by atoms with E-state index in [0.29, 0.717) is 12.1 Å². The van der Waals surface area contributed by atoms with E-state index in [-0.39, 0.29) is 18.3 Å². The Bertz CT molecular complexity index is 1000. The molecule has 0 aliphatic rings. The van der Waals surface area contributed by atoms with Crippen molar-refractivity contribution in [3.05, 3.63) is 71.8 Å². The highest BCUT2D eigenvalue weighted by Gasteiger charge is 2.21. The Morgan fingerprint density at radius 2 is 1.68 bits per heavy atom. The Morgan fingerprint density at radius 3 is 2.40 bits per heavy atom. The van der Waals surface area contributed by atoms with Crippen LogP contribution in [0.4, 0.5) is 19.1 Å². The number of halogens is 3. The van der Waals surface area contributed by atoms with Gasteiger partial charge in [-0.1, -0.05) is 12.1 Å². The van der Waals surface area contributed by atoms with Crippen LogP contribution in [-0.2, 0) is 16.6 Å². The second-order valence-corrected chi connectivity index (χ2v) is 6.72. The standard InChI is InChI=1S/C15H11F3N4O2S/c16-11-3-1-10(2-4-11)8-22-9-19-15(20-22)21-25(23,24)14-7-12(17)5-6-13(14)18/h1-7,9H,8H2,(H,20,21). The molecule has 3 aromatic rings. The lowest BCUT2D eigenvalue weighted by molar-refractivity contribution is 0.555. The van der Waals surface area contributed by atoms with Gasteiger partial charge in [0.1, 0.15) is 28.7 Å². The first-order valence-corrected chi connectivity index (χ1v) is 8.43. The maximum Gasteiger partial charge on any atom is 0.267 e. The Kier molecular flexibility index (Phi) is 4.45. The molecule has 10 heteroatoms. The normalized spacial score (nSPS) is 11.5. The first-order chi connectivity index (χ1) is 11.8. The molecule has 0 bridgehead atoms. The molecule has 1 N–H and O–H groups in total. The summed E-state index contributed by atoms with van der Waals surface area (Å²) < 4.78 is 67.2. The van der Waals surface area contributed by atoms with Crippen LogP contribution >= 0.6 is 0 Å². The maximum atomic E-state index is 13.6. The molecule has 1 heterocycles. The van der Waals surface area contributed by atoms with Crippen LogP contribution in [0.3, 0.4) is 0 Å². The fraction of sp³-hybridized carbons (Fsp3) is 0.0667. The largest absolute Gasteiger partial charge is 0.267 e. The minimum absolute atomic E-state index is 0.226. The SMILES string of the molecule is O=S(=O)(Nc1ncn(Cc2ccc(F)cc2)n1)c1cc(F)ccc1F. The highest BCUT2D eigenvalue weighted by Crippen LogP contribution is 2.18. The molecular weight excluding hydrogens is 357 g/mol. The third-order valence-corrected chi connectivity index (χ3v) is 4.55. The van der Waals surface area contributed by atoms with Gasteiger partial charge in [-0.05, 0) is 35.9 Å². The molecule has 1 aromatic heterocycles. The summed E-state index contributed by atoms with van der Waals surface area (Å²) >= 11 is 0. The van der Waals surface area contributed by atoms with Crippen LogP contribution in [0.25, 0.3) is 0 Å². The summed E-state index contributed by atoms with van der Waals surface area (Å²) in [5.74, 6) is -2.67. The van der Waals surface area contributed by atoms with E-state index in [1.165, 1.54) is 23.1 Å². The van der Waals surface area contributed by atoms with Crippen molar-refractivity contribution in [2.75, 3.05) is 4.72 Å². The average Bonchev–Trinajstić information content (AvgIpc) is 2.98. The van der Waals surface area contributed by atoms with Gasteiger partial charge in [0.25, 0.3) is 16.0 Å². The van der Waals surface area contributed by atoms with Crippen LogP contribution < -0.4 is 4.72 Å². The zero-order valence-electron chi connectivity index (χ0n) is 12.5. The van der Waals surface area contributed by atoms with Crippen molar-refractivity contribution in [1.82, 2.24) is 14.8 Å². The fourth-order valence-corrected chi connectivity index (χ4v) is 3.09. The van der Waals surface area contributed by atoms with Gasteiger partial charge in [-0.2, -0.15) is 4.98 Å². The minimum Gasteiger partial charge on any atom is -0.246 e. The number of hydrogen-bond acceptors (Lipinski definition) is 4. The van der Waals surface area contributed by atoms with Crippen LogP contribution in [0.1, 0.15) is 5.56 Å². The monoisotopic (exact) mass is 368 g/mol. The summed E-state index contributed by atoms with van der Waals surface area (Å²) in [4.78, 5) is 2.92. The number of anilines is 1. The third kappa shape index (κ3) is 3.97. The number of sulfonamides is 1. The quantitative estimate of drug-likeness (QED) is 0.751. The molecule has 0 atom stereocenters. The van der Waals surface area contributed by atoms with Crippen molar-refractivity contribution < 1.29 is 21.6 Å². The van der Waals surface area contributed by atoms with Gasteiger partial charge in [-0.3, -0.25) is 0 Å². The zero-order valence-corrected chi connectivity index (χ0v) is 13.3. The summed E-state index contributed by atoms with van der Waals surface area (Å²) in [5.41, 5.74) is 0.719. The van der Waals surface area contributed by atoms with Crippen LogP contribution in [-0.4, -0.2) is 23.2 Å². The summed E-state index contributed by atoms with van der Waals surface area (Å²) in [6, 6.07) is 7.73. The second-order valence-electron chi connectivity index (χ2n) is 5.07. The van der Waals surface area contributed by atoms with Crippen molar-refractivity contribution in [3.63, 3.8) is 0 Å². The van der Waals surface area contributed by atoms with Gasteiger partial charge in [-0.25, -0.2) is 31.0 Å². The highest BCUT2D eigenvalue weighted by atomic mass is 32.2. The molecule has 0 spiro atoms. The van der Waals surface area contributed by atoms with Crippen LogP contribution in [0.15, 0.2) is 53.7 Å². The van der Waals surface area contributed by atoms with Crippen molar-refractivity contribution in [1.29, 1.82) is 0 Å². The molecule has 130 valence electrons. The first kappa shape index (κ1) is 17.0. The lowest BCUT2D eigenvalue weighted by Gasteiger charge is -2.06. The minimum atomic E-state index is -4.38.